The van der Waals surface area contributed by atoms with E-state index in [1.807, 2.05) is 0 Å². The molecular weight excluding hydrogens is 404 g/mol. The normalized spacial score (nSPS) is 20.6. The van der Waals surface area contributed by atoms with Gasteiger partial charge in [-0.05, 0) is 31.9 Å². The predicted octanol–water partition coefficient (Wildman–Crippen LogP) is -0.269. The van der Waals surface area contributed by atoms with Crippen LogP contribution in [-0.4, -0.2) is 69.1 Å². The number of para-hydroxylation sites is 1. The molecule has 2 atom stereocenters. The van der Waals surface area contributed by atoms with E-state index >= 15 is 0 Å². The number of hydrogen-bond acceptors (Lipinski definition) is 6. The molecule has 4 amide bonds. The minimum Gasteiger partial charge on any atom is -0.493 e. The minimum absolute atomic E-state index is 0.257. The Labute approximate surface area is 181 Å². The van der Waals surface area contributed by atoms with E-state index in [0.29, 0.717) is 38.3 Å². The number of carbonyl (C=O) groups excluding carboxylic acids is 4. The summed E-state index contributed by atoms with van der Waals surface area (Å²) in [6.45, 7) is 3.00. The second kappa shape index (κ2) is 12.5. The number of fused-ring (bicyclic) bond motifs is 1. The lowest BCUT2D eigenvalue weighted by atomic mass is 10.1. The van der Waals surface area contributed by atoms with Crippen molar-refractivity contribution in [2.24, 2.45) is 0 Å². The molecule has 0 radical (unpaired) electrons. The number of ether oxygens (including phenoxy) is 2. The van der Waals surface area contributed by atoms with E-state index in [0.717, 1.165) is 0 Å². The molecule has 10 nitrogen and oxygen atoms in total. The number of carbonyl (C=O) groups is 4. The molecule has 0 saturated heterocycles. The number of nitrogens with one attached hydrogen (secondary N) is 4. The fraction of sp³-hybridized carbons (Fsp3) is 0.524. The Morgan fingerprint density at radius 1 is 1.23 bits per heavy atom. The molecule has 4 N–H and O–H groups in total. The van der Waals surface area contributed by atoms with Crippen molar-refractivity contribution >= 4 is 23.6 Å². The first-order valence-electron chi connectivity index (χ1n) is 10.3. The fourth-order valence-electron chi connectivity index (χ4n) is 2.95. The summed E-state index contributed by atoms with van der Waals surface area (Å²) in [5, 5.41) is 10.6. The summed E-state index contributed by atoms with van der Waals surface area (Å²) in [4.78, 5) is 50.1. The average Bonchev–Trinajstić information content (AvgIpc) is 2.75. The Hall–Kier alpha value is -3.14. The molecule has 1 heterocycles. The molecule has 31 heavy (non-hydrogen) atoms. The van der Waals surface area contributed by atoms with Crippen molar-refractivity contribution in [2.75, 3.05) is 33.4 Å². The Balaban J connectivity index is 2.21. The maximum absolute atomic E-state index is 12.9. The van der Waals surface area contributed by atoms with Crippen molar-refractivity contribution in [1.29, 1.82) is 0 Å². The number of hydrogen-bond donors (Lipinski definition) is 4. The van der Waals surface area contributed by atoms with E-state index in [1.54, 1.807) is 38.3 Å². The van der Waals surface area contributed by atoms with E-state index in [2.05, 4.69) is 21.3 Å². The summed E-state index contributed by atoms with van der Waals surface area (Å²) < 4.78 is 10.6. The van der Waals surface area contributed by atoms with E-state index in [4.69, 9.17) is 9.47 Å². The second-order valence-corrected chi connectivity index (χ2v) is 7.15. The van der Waals surface area contributed by atoms with Gasteiger partial charge in [-0.25, -0.2) is 0 Å². The molecule has 10 heteroatoms. The molecule has 1 aromatic carbocycles. The largest absolute Gasteiger partial charge is 0.493 e. The van der Waals surface area contributed by atoms with Crippen molar-refractivity contribution in [3.8, 4) is 5.75 Å². The van der Waals surface area contributed by atoms with E-state index in [-0.39, 0.29) is 24.5 Å². The summed E-state index contributed by atoms with van der Waals surface area (Å²) >= 11 is 0. The number of benzene rings is 1. The first kappa shape index (κ1) is 24.1. The third kappa shape index (κ3) is 7.89. The molecule has 0 bridgehead atoms. The Morgan fingerprint density at radius 2 is 2.00 bits per heavy atom. The zero-order chi connectivity index (χ0) is 22.6. The molecule has 0 fully saturated rings. The maximum atomic E-state index is 12.9. The highest BCUT2D eigenvalue weighted by molar-refractivity contribution is 6.01. The predicted molar refractivity (Wildman–Crippen MR) is 113 cm³/mol. The van der Waals surface area contributed by atoms with Crippen LogP contribution in [0.4, 0.5) is 0 Å². The van der Waals surface area contributed by atoms with Crippen LogP contribution in [0.1, 0.15) is 36.5 Å². The summed E-state index contributed by atoms with van der Waals surface area (Å²) in [6, 6.07) is 4.75. The number of rotatable bonds is 5. The molecule has 1 aliphatic heterocycles. The Kier molecular flexibility index (Phi) is 9.76. The summed E-state index contributed by atoms with van der Waals surface area (Å²) in [5.41, 5.74) is 0.257. The van der Waals surface area contributed by atoms with Crippen LogP contribution in [0.15, 0.2) is 24.3 Å². The molecule has 2 rings (SSSR count). The third-order valence-corrected chi connectivity index (χ3v) is 4.62. The molecular formula is C21H30N4O6. The van der Waals surface area contributed by atoms with Crippen molar-refractivity contribution < 1.29 is 28.7 Å². The van der Waals surface area contributed by atoms with Gasteiger partial charge in [-0.15, -0.1) is 0 Å². The molecule has 170 valence electrons. The third-order valence-electron chi connectivity index (χ3n) is 4.62. The first-order chi connectivity index (χ1) is 14.9. The van der Waals surface area contributed by atoms with Gasteiger partial charge in [0.05, 0.1) is 18.6 Å². The van der Waals surface area contributed by atoms with Crippen molar-refractivity contribution in [3.05, 3.63) is 29.8 Å². The van der Waals surface area contributed by atoms with Crippen LogP contribution in [0.3, 0.4) is 0 Å². The highest BCUT2D eigenvalue weighted by Crippen LogP contribution is 2.18. The van der Waals surface area contributed by atoms with Crippen LogP contribution in [0.25, 0.3) is 0 Å². The standard InChI is InChI=1S/C21H30N4O6/c1-14-19(27)22-10-6-12-31-17-8-4-3-7-15(17)20(28)25-16(13-18(26)24-14)21(29)23-9-5-11-30-2/h3-4,7-8,14,16H,5-6,9-13H2,1-2H3,(H,22,27)(H,23,29)(H,24,26)(H,25,28)/t14-,16-/m0/s1. The van der Waals surface area contributed by atoms with Crippen LogP contribution in [-0.2, 0) is 19.1 Å². The molecule has 0 aliphatic carbocycles. The molecule has 0 aromatic heterocycles. The molecule has 1 aliphatic rings. The van der Waals surface area contributed by atoms with Gasteiger partial charge in [0.15, 0.2) is 0 Å². The summed E-state index contributed by atoms with van der Waals surface area (Å²) in [5.74, 6) is -1.54. The van der Waals surface area contributed by atoms with Crippen LogP contribution >= 0.6 is 0 Å². The lowest BCUT2D eigenvalue weighted by Crippen LogP contribution is -2.51. The fourth-order valence-corrected chi connectivity index (χ4v) is 2.95. The quantitative estimate of drug-likeness (QED) is 0.471. The highest BCUT2D eigenvalue weighted by atomic mass is 16.5. The van der Waals surface area contributed by atoms with E-state index in [1.165, 1.54) is 0 Å². The van der Waals surface area contributed by atoms with Gasteiger partial charge in [-0.1, -0.05) is 12.1 Å². The highest BCUT2D eigenvalue weighted by Gasteiger charge is 2.27. The molecule has 0 saturated carbocycles. The Bertz CT molecular complexity index is 785. The molecule has 0 spiro atoms. The van der Waals surface area contributed by atoms with E-state index < -0.39 is 29.8 Å². The first-order valence-corrected chi connectivity index (χ1v) is 10.3. The van der Waals surface area contributed by atoms with Crippen LogP contribution in [0.5, 0.6) is 5.75 Å². The smallest absolute Gasteiger partial charge is 0.255 e. The van der Waals surface area contributed by atoms with Crippen LogP contribution < -0.4 is 26.0 Å². The van der Waals surface area contributed by atoms with Crippen molar-refractivity contribution in [1.82, 2.24) is 21.3 Å². The van der Waals surface area contributed by atoms with Gasteiger partial charge in [-0.2, -0.15) is 0 Å². The average molecular weight is 434 g/mol. The zero-order valence-corrected chi connectivity index (χ0v) is 17.9. The summed E-state index contributed by atoms with van der Waals surface area (Å²) in [7, 11) is 1.56. The zero-order valence-electron chi connectivity index (χ0n) is 17.9. The topological polar surface area (TPSA) is 135 Å². The van der Waals surface area contributed by atoms with Crippen molar-refractivity contribution in [2.45, 2.75) is 38.3 Å². The number of amides is 4. The second-order valence-electron chi connectivity index (χ2n) is 7.15. The van der Waals surface area contributed by atoms with Crippen LogP contribution in [0.2, 0.25) is 0 Å². The van der Waals surface area contributed by atoms with Gasteiger partial charge in [0.1, 0.15) is 17.8 Å². The van der Waals surface area contributed by atoms with Gasteiger partial charge < -0.3 is 30.7 Å². The number of methoxy groups -OCH3 is 1. The van der Waals surface area contributed by atoms with Gasteiger partial charge in [0, 0.05) is 26.8 Å². The van der Waals surface area contributed by atoms with Crippen molar-refractivity contribution in [3.63, 3.8) is 0 Å². The maximum Gasteiger partial charge on any atom is 0.255 e. The lowest BCUT2D eigenvalue weighted by Gasteiger charge is -2.20. The molecule has 1 aromatic rings. The minimum atomic E-state index is -1.12. The Morgan fingerprint density at radius 3 is 2.77 bits per heavy atom. The van der Waals surface area contributed by atoms with Gasteiger partial charge in [0.2, 0.25) is 17.7 Å². The summed E-state index contributed by atoms with van der Waals surface area (Å²) in [6.07, 6.45) is 0.792. The van der Waals surface area contributed by atoms with Gasteiger partial charge in [-0.3, -0.25) is 19.2 Å². The molecule has 0 unspecified atom stereocenters. The van der Waals surface area contributed by atoms with Crippen LogP contribution in [0, 0.1) is 0 Å². The SMILES string of the molecule is COCCCNC(=O)[C@@H]1CC(=O)N[C@@H](C)C(=O)NCCCOc2ccccc2C(=O)N1. The van der Waals surface area contributed by atoms with E-state index in [9.17, 15) is 19.2 Å². The van der Waals surface area contributed by atoms with Gasteiger partial charge >= 0.3 is 0 Å². The lowest BCUT2D eigenvalue weighted by molar-refractivity contribution is -0.130. The monoisotopic (exact) mass is 434 g/mol. The van der Waals surface area contributed by atoms with Gasteiger partial charge in [0.25, 0.3) is 5.91 Å².